The summed E-state index contributed by atoms with van der Waals surface area (Å²) in [6.45, 7) is 2.00. The Bertz CT molecular complexity index is 1240. The molecule has 0 radical (unpaired) electrons. The number of aromatic nitrogens is 2. The lowest BCUT2D eigenvalue weighted by molar-refractivity contribution is 0.0926. The third kappa shape index (κ3) is 2.82. The van der Waals surface area contributed by atoms with Gasteiger partial charge >= 0.3 is 0 Å². The Labute approximate surface area is 166 Å². The second kappa shape index (κ2) is 6.53. The van der Waals surface area contributed by atoms with Crippen LogP contribution in [0, 0.1) is 6.92 Å². The van der Waals surface area contributed by atoms with Crippen molar-refractivity contribution in [3.05, 3.63) is 89.5 Å². The molecule has 2 heterocycles. The molecule has 0 saturated heterocycles. The van der Waals surface area contributed by atoms with Gasteiger partial charge in [0.1, 0.15) is 0 Å². The minimum atomic E-state index is -0.339. The van der Waals surface area contributed by atoms with Crippen molar-refractivity contribution in [3.63, 3.8) is 0 Å². The van der Waals surface area contributed by atoms with Crippen molar-refractivity contribution in [2.24, 2.45) is 0 Å². The van der Waals surface area contributed by atoms with Gasteiger partial charge in [0.2, 0.25) is 5.82 Å². The Balaban J connectivity index is 1.50. The highest BCUT2D eigenvalue weighted by molar-refractivity contribution is 6.34. The van der Waals surface area contributed by atoms with Crippen molar-refractivity contribution >= 4 is 17.5 Å². The van der Waals surface area contributed by atoms with Crippen LogP contribution in [-0.4, -0.2) is 22.0 Å². The first-order chi connectivity index (χ1) is 14.1. The van der Waals surface area contributed by atoms with Gasteiger partial charge in [0.15, 0.2) is 0 Å². The number of hydrogen-bond donors (Lipinski definition) is 0. The van der Waals surface area contributed by atoms with E-state index in [-0.39, 0.29) is 11.8 Å². The zero-order valence-electron chi connectivity index (χ0n) is 15.5. The third-order valence-electron chi connectivity index (χ3n) is 4.85. The lowest BCUT2D eigenvalue weighted by Crippen LogP contribution is -2.29. The summed E-state index contributed by atoms with van der Waals surface area (Å²) < 4.78 is 5.43. The van der Waals surface area contributed by atoms with Gasteiger partial charge in [-0.25, -0.2) is 4.90 Å². The van der Waals surface area contributed by atoms with E-state index < -0.39 is 0 Å². The van der Waals surface area contributed by atoms with Gasteiger partial charge < -0.3 is 4.52 Å². The largest absolute Gasteiger partial charge is 0.334 e. The Hall–Kier alpha value is -4.06. The van der Waals surface area contributed by atoms with Crippen molar-refractivity contribution in [2.45, 2.75) is 6.92 Å². The van der Waals surface area contributed by atoms with Gasteiger partial charge in [0.05, 0.1) is 16.8 Å². The third-order valence-corrected chi connectivity index (χ3v) is 4.85. The Kier molecular flexibility index (Phi) is 3.84. The maximum absolute atomic E-state index is 12.7. The summed E-state index contributed by atoms with van der Waals surface area (Å²) in [5.74, 6) is 0.122. The van der Waals surface area contributed by atoms with E-state index >= 15 is 0 Å². The molecule has 1 aromatic heterocycles. The first kappa shape index (κ1) is 17.1. The van der Waals surface area contributed by atoms with Crippen LogP contribution in [-0.2, 0) is 0 Å². The minimum Gasteiger partial charge on any atom is -0.334 e. The van der Waals surface area contributed by atoms with Crippen LogP contribution in [0.15, 0.2) is 77.3 Å². The standard InChI is InChI=1S/C23H15N3O3/c1-14-6-4-7-15(12-14)20-24-21(29-25-20)16-8-5-9-17(13-16)26-22(27)18-10-2-3-11-19(18)23(26)28/h2-13H,1H3. The number of aryl methyl sites for hydroxylation is 1. The second-order valence-electron chi connectivity index (χ2n) is 6.83. The van der Waals surface area contributed by atoms with Gasteiger partial charge in [-0.15, -0.1) is 0 Å². The number of fused-ring (bicyclic) bond motifs is 1. The molecule has 1 aliphatic heterocycles. The quantitative estimate of drug-likeness (QED) is 0.488. The summed E-state index contributed by atoms with van der Waals surface area (Å²) in [6, 6.07) is 21.6. The average molecular weight is 381 g/mol. The van der Waals surface area contributed by atoms with Crippen molar-refractivity contribution < 1.29 is 14.1 Å². The average Bonchev–Trinajstić information content (AvgIpc) is 3.33. The Morgan fingerprint density at radius 2 is 1.48 bits per heavy atom. The van der Waals surface area contributed by atoms with Crippen LogP contribution in [0.5, 0.6) is 0 Å². The van der Waals surface area contributed by atoms with E-state index in [1.54, 1.807) is 48.5 Å². The zero-order valence-corrected chi connectivity index (χ0v) is 15.5. The molecule has 6 heteroatoms. The van der Waals surface area contributed by atoms with Gasteiger partial charge in [-0.05, 0) is 43.3 Å². The lowest BCUT2D eigenvalue weighted by atomic mass is 10.1. The predicted octanol–water partition coefficient (Wildman–Crippen LogP) is 4.51. The van der Waals surface area contributed by atoms with E-state index in [9.17, 15) is 9.59 Å². The fourth-order valence-electron chi connectivity index (χ4n) is 3.44. The van der Waals surface area contributed by atoms with E-state index in [1.165, 1.54) is 4.90 Å². The number of imide groups is 1. The summed E-state index contributed by atoms with van der Waals surface area (Å²) in [5, 5.41) is 4.06. The summed E-state index contributed by atoms with van der Waals surface area (Å²) >= 11 is 0. The van der Waals surface area contributed by atoms with Gasteiger partial charge in [-0.3, -0.25) is 9.59 Å². The van der Waals surface area contributed by atoms with Crippen molar-refractivity contribution in [3.8, 4) is 22.8 Å². The molecule has 0 unspecified atom stereocenters. The number of hydrogen-bond acceptors (Lipinski definition) is 5. The molecule has 0 N–H and O–H groups in total. The molecule has 29 heavy (non-hydrogen) atoms. The molecule has 4 aromatic rings. The molecule has 0 saturated carbocycles. The van der Waals surface area contributed by atoms with Crippen LogP contribution in [0.1, 0.15) is 26.3 Å². The van der Waals surface area contributed by atoms with Crippen molar-refractivity contribution in [1.29, 1.82) is 0 Å². The molecule has 5 rings (SSSR count). The van der Waals surface area contributed by atoms with E-state index in [0.717, 1.165) is 11.1 Å². The highest BCUT2D eigenvalue weighted by Crippen LogP contribution is 2.31. The SMILES string of the molecule is Cc1cccc(-c2noc(-c3cccc(N4C(=O)c5ccccc5C4=O)c3)n2)c1. The summed E-state index contributed by atoms with van der Waals surface area (Å²) in [4.78, 5) is 31.1. The minimum absolute atomic E-state index is 0.319. The molecule has 0 aliphatic carbocycles. The van der Waals surface area contributed by atoms with E-state index in [1.807, 2.05) is 31.2 Å². The lowest BCUT2D eigenvalue weighted by Gasteiger charge is -2.14. The predicted molar refractivity (Wildman–Crippen MR) is 107 cm³/mol. The Morgan fingerprint density at radius 3 is 2.21 bits per heavy atom. The number of benzene rings is 3. The second-order valence-corrected chi connectivity index (χ2v) is 6.83. The molecule has 0 atom stereocenters. The highest BCUT2D eigenvalue weighted by Gasteiger charge is 2.36. The molecular weight excluding hydrogens is 366 g/mol. The zero-order chi connectivity index (χ0) is 20.0. The topological polar surface area (TPSA) is 76.3 Å². The van der Waals surface area contributed by atoms with Crippen LogP contribution >= 0.6 is 0 Å². The van der Waals surface area contributed by atoms with Gasteiger partial charge in [0, 0.05) is 11.1 Å². The summed E-state index contributed by atoms with van der Waals surface area (Å²) in [6.07, 6.45) is 0. The monoisotopic (exact) mass is 381 g/mol. The normalized spacial score (nSPS) is 13.1. The van der Waals surface area contributed by atoms with Crippen molar-refractivity contribution in [1.82, 2.24) is 10.1 Å². The molecule has 0 bridgehead atoms. The van der Waals surface area contributed by atoms with Gasteiger partial charge in [-0.1, -0.05) is 47.1 Å². The maximum atomic E-state index is 12.7. The fourth-order valence-corrected chi connectivity index (χ4v) is 3.44. The number of carbonyl (C=O) groups excluding carboxylic acids is 2. The van der Waals surface area contributed by atoms with Crippen LogP contribution in [0.25, 0.3) is 22.8 Å². The summed E-state index contributed by atoms with van der Waals surface area (Å²) in [7, 11) is 0. The number of rotatable bonds is 3. The molecule has 1 aliphatic rings. The van der Waals surface area contributed by atoms with Crippen LogP contribution in [0.4, 0.5) is 5.69 Å². The number of nitrogens with zero attached hydrogens (tertiary/aromatic N) is 3. The van der Waals surface area contributed by atoms with Crippen LogP contribution in [0.2, 0.25) is 0 Å². The molecule has 140 valence electrons. The van der Waals surface area contributed by atoms with E-state index in [0.29, 0.717) is 34.1 Å². The fraction of sp³-hybridized carbons (Fsp3) is 0.0435. The number of carbonyl (C=O) groups is 2. The first-order valence-electron chi connectivity index (χ1n) is 9.11. The molecular formula is C23H15N3O3. The molecule has 0 fully saturated rings. The molecule has 2 amide bonds. The molecule has 3 aromatic carbocycles. The van der Waals surface area contributed by atoms with Gasteiger partial charge in [0.25, 0.3) is 17.7 Å². The smallest absolute Gasteiger partial charge is 0.266 e. The highest BCUT2D eigenvalue weighted by atomic mass is 16.5. The van der Waals surface area contributed by atoms with E-state index in [4.69, 9.17) is 4.52 Å². The van der Waals surface area contributed by atoms with Gasteiger partial charge in [-0.2, -0.15) is 4.98 Å². The molecule has 0 spiro atoms. The molecule has 6 nitrogen and oxygen atoms in total. The first-order valence-corrected chi connectivity index (χ1v) is 9.11. The summed E-state index contributed by atoms with van der Waals surface area (Å²) in [5.41, 5.74) is 3.86. The number of anilines is 1. The van der Waals surface area contributed by atoms with Crippen LogP contribution in [0.3, 0.4) is 0 Å². The van der Waals surface area contributed by atoms with E-state index in [2.05, 4.69) is 10.1 Å². The van der Waals surface area contributed by atoms with Crippen molar-refractivity contribution in [2.75, 3.05) is 4.90 Å². The number of amides is 2. The Morgan fingerprint density at radius 1 is 0.793 bits per heavy atom. The maximum Gasteiger partial charge on any atom is 0.266 e. The van der Waals surface area contributed by atoms with Crippen LogP contribution < -0.4 is 4.90 Å².